The van der Waals surface area contributed by atoms with Crippen molar-refractivity contribution in [1.29, 1.82) is 0 Å². The summed E-state index contributed by atoms with van der Waals surface area (Å²) in [6.45, 7) is 7.08. The molecule has 0 bridgehead atoms. The van der Waals surface area contributed by atoms with Gasteiger partial charge in [-0.3, -0.25) is 37.3 Å². The minimum atomic E-state index is -4.96. The third kappa shape index (κ3) is 66.0. The number of carbonyl (C=O) groups excluding carboxylic acids is 4. The fourth-order valence-corrected chi connectivity index (χ4v) is 12.0. The molecule has 0 rings (SSSR count). The molecule has 0 aromatic heterocycles. The maximum atomic E-state index is 13.0. The predicted octanol–water partition coefficient (Wildman–Crippen LogP) is 20.5. The van der Waals surface area contributed by atoms with E-state index in [4.69, 9.17) is 37.0 Å². The molecular weight excluding hydrogens is 1200 g/mol. The summed E-state index contributed by atoms with van der Waals surface area (Å²) >= 11 is 0. The highest BCUT2D eigenvalue weighted by Crippen LogP contribution is 2.45. The van der Waals surface area contributed by atoms with Crippen molar-refractivity contribution in [3.8, 4) is 0 Å². The minimum absolute atomic E-state index is 0.102. The summed E-state index contributed by atoms with van der Waals surface area (Å²) in [7, 11) is -9.90. The molecule has 2 unspecified atom stereocenters. The normalized spacial score (nSPS) is 14.2. The number of hydrogen-bond donors (Lipinski definition) is 3. The molecule has 0 saturated heterocycles. The average Bonchev–Trinajstić information content (AvgIpc) is 3.73. The van der Waals surface area contributed by atoms with Crippen LogP contribution in [-0.2, 0) is 65.4 Å². The molecular formula is C72H136O17P2. The summed E-state index contributed by atoms with van der Waals surface area (Å²) in [6, 6.07) is 0. The van der Waals surface area contributed by atoms with Crippen molar-refractivity contribution < 1.29 is 80.2 Å². The number of phosphoric acid groups is 2. The van der Waals surface area contributed by atoms with Crippen LogP contribution in [0.25, 0.3) is 0 Å². The Morgan fingerprint density at radius 2 is 0.593 bits per heavy atom. The number of phosphoric ester groups is 2. The molecule has 0 amide bonds. The molecule has 0 aliphatic carbocycles. The fraction of sp³-hybridized carbons (Fsp3) is 0.889. The van der Waals surface area contributed by atoms with Crippen molar-refractivity contribution in [2.45, 2.75) is 368 Å². The van der Waals surface area contributed by atoms with Crippen LogP contribution in [0, 0.1) is 5.92 Å². The van der Waals surface area contributed by atoms with E-state index in [1.165, 1.54) is 148 Å². The molecule has 0 aliphatic rings. The highest BCUT2D eigenvalue weighted by atomic mass is 31.2. The van der Waals surface area contributed by atoms with Gasteiger partial charge in [0.1, 0.15) is 19.3 Å². The Hall–Kier alpha value is -2.46. The van der Waals surface area contributed by atoms with Crippen molar-refractivity contribution >= 4 is 39.5 Å². The molecule has 0 aromatic rings. The SMILES string of the molecule is CCCCCC/C=C\C=C/CCCCCCCC(=O)OC[C@H](COP(=O)(O)OC[C@@H](O)COP(=O)(O)OC[C@@H](COC(=O)CCCCCCC)OC(=O)CCCCCCCCCCCC(C)C)OC(=O)CCCCCCCCCCCCCCCCCCCCC. The zero-order chi connectivity index (χ0) is 67.0. The second kappa shape index (κ2) is 64.9. The molecule has 0 heterocycles. The molecule has 19 heteroatoms. The van der Waals surface area contributed by atoms with E-state index in [2.05, 4.69) is 58.9 Å². The maximum Gasteiger partial charge on any atom is 0.472 e. The van der Waals surface area contributed by atoms with E-state index in [1.54, 1.807) is 0 Å². The Labute approximate surface area is 554 Å². The second-order valence-electron chi connectivity index (χ2n) is 25.8. The van der Waals surface area contributed by atoms with Crippen molar-refractivity contribution in [2.75, 3.05) is 39.6 Å². The zero-order valence-electron chi connectivity index (χ0n) is 58.5. The number of unbranched alkanes of at least 4 members (excludes halogenated alkanes) is 39. The highest BCUT2D eigenvalue weighted by Gasteiger charge is 2.30. The standard InChI is InChI=1S/C72H136O17P2/c1-6-9-12-15-17-19-21-23-25-26-27-28-30-32-34-38-42-47-52-57-71(76)89-68(62-83-70(75)56-51-46-41-37-33-31-29-24-22-20-18-16-13-10-7-2)64-87-91(80,81)85-60-66(73)59-84-90(78,79)86-63-67(61-82-69(74)55-50-44-14-11-8-3)88-72(77)58-53-48-43-39-35-36-40-45-49-54-65(4)5/h20,22,24,29,65-68,73H,6-19,21,23,25-28,30-64H2,1-5H3,(H,78,79)(H,80,81)/b22-20-,29-24-/t66-,67+,68+/m0/s1. The number of ether oxygens (including phenoxy) is 4. The first-order valence-electron chi connectivity index (χ1n) is 37.0. The molecule has 0 radical (unpaired) electrons. The lowest BCUT2D eigenvalue weighted by Gasteiger charge is -2.21. The lowest BCUT2D eigenvalue weighted by atomic mass is 10.0. The van der Waals surface area contributed by atoms with Crippen LogP contribution in [0.5, 0.6) is 0 Å². The van der Waals surface area contributed by atoms with Crippen LogP contribution in [0.1, 0.15) is 349 Å². The quantitative estimate of drug-likeness (QED) is 0.0169. The Morgan fingerprint density at radius 3 is 0.901 bits per heavy atom. The third-order valence-electron chi connectivity index (χ3n) is 16.2. The Balaban J connectivity index is 5.18. The van der Waals surface area contributed by atoms with E-state index >= 15 is 0 Å². The van der Waals surface area contributed by atoms with Gasteiger partial charge in [0.25, 0.3) is 0 Å². The van der Waals surface area contributed by atoms with Gasteiger partial charge in [0.05, 0.1) is 26.4 Å². The fourth-order valence-electron chi connectivity index (χ4n) is 10.5. The van der Waals surface area contributed by atoms with Gasteiger partial charge in [0.2, 0.25) is 0 Å². The molecule has 3 N–H and O–H groups in total. The number of rotatable bonds is 70. The van der Waals surface area contributed by atoms with E-state index < -0.39 is 97.5 Å². The second-order valence-corrected chi connectivity index (χ2v) is 28.7. The first-order valence-corrected chi connectivity index (χ1v) is 39.9. The lowest BCUT2D eigenvalue weighted by molar-refractivity contribution is -0.161. The third-order valence-corrected chi connectivity index (χ3v) is 18.1. The van der Waals surface area contributed by atoms with Gasteiger partial charge in [0, 0.05) is 25.7 Å². The first kappa shape index (κ1) is 88.5. The maximum absolute atomic E-state index is 13.0. The van der Waals surface area contributed by atoms with Crippen LogP contribution in [0.4, 0.5) is 0 Å². The van der Waals surface area contributed by atoms with E-state index in [0.29, 0.717) is 25.7 Å². The van der Waals surface area contributed by atoms with Gasteiger partial charge in [0.15, 0.2) is 12.2 Å². The summed E-state index contributed by atoms with van der Waals surface area (Å²) in [4.78, 5) is 72.3. The van der Waals surface area contributed by atoms with Gasteiger partial charge in [-0.1, -0.05) is 296 Å². The molecule has 5 atom stereocenters. The lowest BCUT2D eigenvalue weighted by Crippen LogP contribution is -2.30. The topological polar surface area (TPSA) is 237 Å². The molecule has 0 aliphatic heterocycles. The number of carbonyl (C=O) groups is 4. The zero-order valence-corrected chi connectivity index (χ0v) is 60.3. The minimum Gasteiger partial charge on any atom is -0.462 e. The van der Waals surface area contributed by atoms with E-state index in [0.717, 1.165) is 121 Å². The van der Waals surface area contributed by atoms with E-state index in [-0.39, 0.29) is 25.7 Å². The number of aliphatic hydroxyl groups is 1. The van der Waals surface area contributed by atoms with Crippen molar-refractivity contribution in [3.63, 3.8) is 0 Å². The largest absolute Gasteiger partial charge is 0.472 e. The Bertz CT molecular complexity index is 1850. The van der Waals surface area contributed by atoms with Gasteiger partial charge in [-0.2, -0.15) is 0 Å². The van der Waals surface area contributed by atoms with Gasteiger partial charge < -0.3 is 33.8 Å². The molecule has 0 fully saturated rings. The van der Waals surface area contributed by atoms with Crippen LogP contribution in [0.3, 0.4) is 0 Å². The van der Waals surface area contributed by atoms with Crippen LogP contribution in [0.15, 0.2) is 24.3 Å². The van der Waals surface area contributed by atoms with Crippen molar-refractivity contribution in [3.05, 3.63) is 24.3 Å². The molecule has 91 heavy (non-hydrogen) atoms. The van der Waals surface area contributed by atoms with Crippen molar-refractivity contribution in [1.82, 2.24) is 0 Å². The van der Waals surface area contributed by atoms with Gasteiger partial charge in [-0.05, 0) is 57.3 Å². The monoisotopic (exact) mass is 1330 g/mol. The molecule has 0 saturated carbocycles. The smallest absolute Gasteiger partial charge is 0.462 e. The molecule has 0 spiro atoms. The highest BCUT2D eigenvalue weighted by molar-refractivity contribution is 7.47. The van der Waals surface area contributed by atoms with Gasteiger partial charge in [-0.15, -0.1) is 0 Å². The van der Waals surface area contributed by atoms with E-state index in [1.807, 2.05) is 0 Å². The predicted molar refractivity (Wildman–Crippen MR) is 368 cm³/mol. The summed E-state index contributed by atoms with van der Waals surface area (Å²) in [6.07, 6.45) is 55.4. The van der Waals surface area contributed by atoms with Gasteiger partial charge >= 0.3 is 39.5 Å². The molecule has 536 valence electrons. The number of hydrogen-bond acceptors (Lipinski definition) is 15. The summed E-state index contributed by atoms with van der Waals surface area (Å²) in [5.41, 5.74) is 0. The number of esters is 4. The Morgan fingerprint density at radius 1 is 0.341 bits per heavy atom. The number of allylic oxidation sites excluding steroid dienone is 4. The van der Waals surface area contributed by atoms with E-state index in [9.17, 15) is 43.2 Å². The average molecular weight is 1340 g/mol. The first-order chi connectivity index (χ1) is 44.0. The van der Waals surface area contributed by atoms with Crippen LogP contribution in [0.2, 0.25) is 0 Å². The van der Waals surface area contributed by atoms with Crippen LogP contribution >= 0.6 is 15.6 Å². The van der Waals surface area contributed by atoms with Gasteiger partial charge in [-0.25, -0.2) is 9.13 Å². The number of aliphatic hydroxyl groups excluding tert-OH is 1. The molecule has 17 nitrogen and oxygen atoms in total. The Kier molecular flexibility index (Phi) is 63.1. The summed E-state index contributed by atoms with van der Waals surface area (Å²) in [5, 5.41) is 10.6. The van der Waals surface area contributed by atoms with Crippen LogP contribution in [-0.4, -0.2) is 96.7 Å². The van der Waals surface area contributed by atoms with Crippen LogP contribution < -0.4 is 0 Å². The van der Waals surface area contributed by atoms with Crippen molar-refractivity contribution in [2.24, 2.45) is 5.92 Å². The summed E-state index contributed by atoms with van der Waals surface area (Å²) < 4.78 is 68.1. The molecule has 0 aromatic carbocycles. The summed E-state index contributed by atoms with van der Waals surface area (Å²) in [5.74, 6) is -1.43.